The molecule has 0 radical (unpaired) electrons. The van der Waals surface area contributed by atoms with Crippen LogP contribution in [0.3, 0.4) is 0 Å². The summed E-state index contributed by atoms with van der Waals surface area (Å²) >= 11 is 0. The minimum Gasteiger partial charge on any atom is -0.468 e. The molecule has 1 saturated heterocycles. The highest BCUT2D eigenvalue weighted by Crippen LogP contribution is 2.18. The first-order valence-corrected chi connectivity index (χ1v) is 5.08. The fraction of sp³-hybridized carbons (Fsp3) is 0.833. The van der Waals surface area contributed by atoms with Crippen LogP contribution in [0.15, 0.2) is 0 Å². The molecule has 1 aliphatic heterocycles. The highest BCUT2D eigenvalue weighted by Gasteiger charge is 2.43. The molecule has 0 aromatic carbocycles. The van der Waals surface area contributed by atoms with E-state index in [9.17, 15) is 13.2 Å². The second kappa shape index (κ2) is 3.24. The van der Waals surface area contributed by atoms with Gasteiger partial charge in [-0.05, 0) is 0 Å². The Hall–Kier alpha value is -0.660. The molecule has 0 aliphatic carbocycles. The third-order valence-corrected chi connectivity index (χ3v) is 4.02. The van der Waals surface area contributed by atoms with E-state index in [4.69, 9.17) is 0 Å². The van der Waals surface area contributed by atoms with E-state index in [0.717, 1.165) is 8.61 Å². The summed E-state index contributed by atoms with van der Waals surface area (Å²) in [6, 6.07) is -0.722. The number of carbonyl (C=O) groups is 1. The number of esters is 1. The van der Waals surface area contributed by atoms with Crippen molar-refractivity contribution < 1.29 is 17.9 Å². The van der Waals surface area contributed by atoms with Crippen LogP contribution < -0.4 is 0 Å². The number of ether oxygens (including phenoxy) is 1. The Morgan fingerprint density at radius 1 is 1.46 bits per heavy atom. The molecule has 6 nitrogen and oxygen atoms in total. The van der Waals surface area contributed by atoms with Gasteiger partial charge in [0.15, 0.2) is 0 Å². The minimum atomic E-state index is -3.44. The molecule has 0 bridgehead atoms. The standard InChI is InChI=1S/C6H12N2O4S/c1-7-4-5(6(9)12-3)8(2)13(7,10)11/h5H,4H2,1-3H3. The van der Waals surface area contributed by atoms with E-state index in [2.05, 4.69) is 4.74 Å². The molecule has 1 heterocycles. The number of hydrogen-bond donors (Lipinski definition) is 0. The van der Waals surface area contributed by atoms with E-state index in [1.165, 1.54) is 21.2 Å². The fourth-order valence-corrected chi connectivity index (χ4v) is 2.44. The number of hydrogen-bond acceptors (Lipinski definition) is 4. The minimum absolute atomic E-state index is 0.144. The Morgan fingerprint density at radius 2 is 2.00 bits per heavy atom. The van der Waals surface area contributed by atoms with Gasteiger partial charge in [0.1, 0.15) is 6.04 Å². The average molecular weight is 208 g/mol. The second-order valence-corrected chi connectivity index (χ2v) is 4.94. The summed E-state index contributed by atoms with van der Waals surface area (Å²) in [7, 11) is 0.582. The maximum absolute atomic E-state index is 11.4. The van der Waals surface area contributed by atoms with Crippen LogP contribution in [0.5, 0.6) is 0 Å². The van der Waals surface area contributed by atoms with Gasteiger partial charge in [-0.15, -0.1) is 0 Å². The molecule has 76 valence electrons. The first-order chi connectivity index (χ1) is 5.91. The largest absolute Gasteiger partial charge is 0.468 e. The number of carbonyl (C=O) groups excluding carboxylic acids is 1. The molecule has 13 heavy (non-hydrogen) atoms. The first-order valence-electron chi connectivity index (χ1n) is 3.68. The van der Waals surface area contributed by atoms with Gasteiger partial charge >= 0.3 is 5.97 Å². The van der Waals surface area contributed by atoms with Gasteiger partial charge in [-0.25, -0.2) is 0 Å². The maximum atomic E-state index is 11.4. The monoisotopic (exact) mass is 208 g/mol. The lowest BCUT2D eigenvalue weighted by atomic mass is 10.3. The van der Waals surface area contributed by atoms with Crippen LogP contribution in [0, 0.1) is 0 Å². The van der Waals surface area contributed by atoms with Crippen molar-refractivity contribution in [2.45, 2.75) is 6.04 Å². The molecule has 1 rings (SSSR count). The predicted octanol–water partition coefficient (Wildman–Crippen LogP) is -1.35. The van der Waals surface area contributed by atoms with Crippen LogP contribution in [0.25, 0.3) is 0 Å². The van der Waals surface area contributed by atoms with E-state index < -0.39 is 22.2 Å². The van der Waals surface area contributed by atoms with Crippen molar-refractivity contribution >= 4 is 16.2 Å². The summed E-state index contributed by atoms with van der Waals surface area (Å²) < 4.78 is 29.3. The summed E-state index contributed by atoms with van der Waals surface area (Å²) in [6.07, 6.45) is 0. The smallest absolute Gasteiger partial charge is 0.325 e. The summed E-state index contributed by atoms with van der Waals surface area (Å²) in [5.74, 6) is -0.532. The molecule has 0 aromatic rings. The topological polar surface area (TPSA) is 66.9 Å². The zero-order valence-electron chi connectivity index (χ0n) is 7.72. The molecule has 1 fully saturated rings. The van der Waals surface area contributed by atoms with E-state index in [1.54, 1.807) is 0 Å². The Labute approximate surface area is 77.2 Å². The quantitative estimate of drug-likeness (QED) is 0.500. The Bertz CT molecular complexity index is 313. The molecular formula is C6H12N2O4S. The van der Waals surface area contributed by atoms with Crippen molar-refractivity contribution in [2.24, 2.45) is 0 Å². The fourth-order valence-electron chi connectivity index (χ4n) is 1.19. The highest BCUT2D eigenvalue weighted by atomic mass is 32.2. The molecular weight excluding hydrogens is 196 g/mol. The van der Waals surface area contributed by atoms with Gasteiger partial charge in [0, 0.05) is 20.6 Å². The molecule has 0 spiro atoms. The van der Waals surface area contributed by atoms with Gasteiger partial charge in [0.2, 0.25) is 0 Å². The predicted molar refractivity (Wildman–Crippen MR) is 45.1 cm³/mol. The average Bonchev–Trinajstić information content (AvgIpc) is 2.28. The second-order valence-electron chi connectivity index (χ2n) is 2.84. The molecule has 0 N–H and O–H groups in total. The van der Waals surface area contributed by atoms with Gasteiger partial charge in [0.25, 0.3) is 10.2 Å². The van der Waals surface area contributed by atoms with Crippen molar-refractivity contribution in [1.82, 2.24) is 8.61 Å². The normalized spacial score (nSPS) is 29.0. The molecule has 1 aliphatic rings. The molecule has 0 saturated carbocycles. The molecule has 0 aromatic heterocycles. The number of likely N-dealkylation sites (N-methyl/N-ethyl adjacent to an activating group) is 2. The first kappa shape index (κ1) is 10.4. The van der Waals surface area contributed by atoms with Crippen molar-refractivity contribution in [3.8, 4) is 0 Å². The van der Waals surface area contributed by atoms with E-state index in [1.807, 2.05) is 0 Å². The summed E-state index contributed by atoms with van der Waals surface area (Å²) in [5, 5.41) is 0. The summed E-state index contributed by atoms with van der Waals surface area (Å²) in [5.41, 5.74) is 0. The van der Waals surface area contributed by atoms with Crippen LogP contribution >= 0.6 is 0 Å². The Balaban J connectivity index is 2.92. The van der Waals surface area contributed by atoms with Gasteiger partial charge in [-0.2, -0.15) is 17.0 Å². The van der Waals surface area contributed by atoms with E-state index >= 15 is 0 Å². The third kappa shape index (κ3) is 1.54. The van der Waals surface area contributed by atoms with Gasteiger partial charge in [0.05, 0.1) is 7.11 Å². The zero-order chi connectivity index (χ0) is 10.2. The van der Waals surface area contributed by atoms with Crippen LogP contribution in [0.4, 0.5) is 0 Å². The van der Waals surface area contributed by atoms with Crippen molar-refractivity contribution in [3.63, 3.8) is 0 Å². The Morgan fingerprint density at radius 3 is 2.31 bits per heavy atom. The van der Waals surface area contributed by atoms with Crippen LogP contribution in [0.1, 0.15) is 0 Å². The number of rotatable bonds is 1. The lowest BCUT2D eigenvalue weighted by molar-refractivity contribution is -0.144. The van der Waals surface area contributed by atoms with Crippen molar-refractivity contribution in [2.75, 3.05) is 27.7 Å². The lowest BCUT2D eigenvalue weighted by Gasteiger charge is -2.13. The highest BCUT2D eigenvalue weighted by molar-refractivity contribution is 7.87. The molecule has 7 heteroatoms. The van der Waals surface area contributed by atoms with Crippen molar-refractivity contribution in [1.29, 1.82) is 0 Å². The molecule has 0 amide bonds. The number of nitrogens with zero attached hydrogens (tertiary/aromatic N) is 2. The van der Waals surface area contributed by atoms with Crippen LogP contribution in [-0.2, 0) is 19.7 Å². The third-order valence-electron chi connectivity index (χ3n) is 2.10. The van der Waals surface area contributed by atoms with E-state index in [0.29, 0.717) is 0 Å². The zero-order valence-corrected chi connectivity index (χ0v) is 8.54. The Kier molecular flexibility index (Phi) is 2.60. The summed E-state index contributed by atoms with van der Waals surface area (Å²) in [4.78, 5) is 11.1. The van der Waals surface area contributed by atoms with Gasteiger partial charge in [-0.1, -0.05) is 0 Å². The molecule has 1 atom stereocenters. The van der Waals surface area contributed by atoms with E-state index in [-0.39, 0.29) is 6.54 Å². The van der Waals surface area contributed by atoms with Crippen LogP contribution in [0.2, 0.25) is 0 Å². The van der Waals surface area contributed by atoms with Crippen molar-refractivity contribution in [3.05, 3.63) is 0 Å². The maximum Gasteiger partial charge on any atom is 0.325 e. The summed E-state index contributed by atoms with van der Waals surface area (Å²) in [6.45, 7) is 0.144. The SMILES string of the molecule is COC(=O)C1CN(C)S(=O)(=O)N1C. The van der Waals surface area contributed by atoms with Gasteiger partial charge in [-0.3, -0.25) is 4.79 Å². The lowest BCUT2D eigenvalue weighted by Crippen LogP contribution is -2.37. The molecule has 1 unspecified atom stereocenters. The number of methoxy groups -OCH3 is 1. The van der Waals surface area contributed by atoms with Gasteiger partial charge < -0.3 is 4.74 Å². The van der Waals surface area contributed by atoms with Crippen LogP contribution in [-0.4, -0.2) is 56.8 Å².